The van der Waals surface area contributed by atoms with Crippen molar-refractivity contribution in [3.8, 4) is 11.4 Å². The second-order valence-corrected chi connectivity index (χ2v) is 6.69. The van der Waals surface area contributed by atoms with Crippen LogP contribution in [0.3, 0.4) is 0 Å². The molecule has 0 bridgehead atoms. The van der Waals surface area contributed by atoms with Crippen molar-refractivity contribution >= 4 is 17.7 Å². The van der Waals surface area contributed by atoms with E-state index in [0.29, 0.717) is 22.9 Å². The third-order valence-corrected chi connectivity index (χ3v) is 4.62. The fraction of sp³-hybridized carbons (Fsp3) is 0.167. The lowest BCUT2D eigenvalue weighted by Gasteiger charge is -2.07. The molecular weight excluding hydrogens is 395 g/mol. The summed E-state index contributed by atoms with van der Waals surface area (Å²) in [7, 11) is 0. The number of ether oxygens (including phenoxy) is 1. The number of alkyl halides is 3. The lowest BCUT2D eigenvalue weighted by molar-refractivity contribution is -0.139. The van der Waals surface area contributed by atoms with Crippen LogP contribution >= 0.6 is 11.8 Å². The number of aliphatic carboxylic acids is 1. The number of halogens is 3. The van der Waals surface area contributed by atoms with Crippen LogP contribution < -0.4 is 4.74 Å². The molecule has 1 N–H and O–H groups in total. The summed E-state index contributed by atoms with van der Waals surface area (Å²) in [6.07, 6.45) is -2.73. The van der Waals surface area contributed by atoms with Crippen LogP contribution in [0, 0.1) is 0 Å². The zero-order valence-corrected chi connectivity index (χ0v) is 15.1. The van der Waals surface area contributed by atoms with Crippen LogP contribution in [0.4, 0.5) is 13.2 Å². The third kappa shape index (κ3) is 5.26. The number of nitrogens with zero attached hydrogens (tertiary/aromatic N) is 3. The summed E-state index contributed by atoms with van der Waals surface area (Å²) in [6.45, 7) is -0.403. The molecule has 146 valence electrons. The summed E-state index contributed by atoms with van der Waals surface area (Å²) < 4.78 is 44.3. The molecule has 6 nitrogen and oxygen atoms in total. The Kier molecular flexibility index (Phi) is 5.88. The van der Waals surface area contributed by atoms with E-state index in [2.05, 4.69) is 10.3 Å². The fourth-order valence-electron chi connectivity index (χ4n) is 2.23. The summed E-state index contributed by atoms with van der Waals surface area (Å²) >= 11 is 1.48. The summed E-state index contributed by atoms with van der Waals surface area (Å²) in [5.74, 6) is -0.0785. The van der Waals surface area contributed by atoms with Crippen LogP contribution in [0.1, 0.15) is 11.3 Å². The van der Waals surface area contributed by atoms with Gasteiger partial charge in [0.2, 0.25) is 0 Å². The van der Waals surface area contributed by atoms with E-state index in [4.69, 9.17) is 9.84 Å². The predicted molar refractivity (Wildman–Crippen MR) is 95.5 cm³/mol. The van der Waals surface area contributed by atoms with Gasteiger partial charge >= 0.3 is 12.1 Å². The molecule has 0 fully saturated rings. The smallest absolute Gasteiger partial charge is 0.416 e. The molecular formula is C18H14F3N3O3S. The van der Waals surface area contributed by atoms with Crippen LogP contribution in [0.15, 0.2) is 59.6 Å². The Hall–Kier alpha value is -3.01. The van der Waals surface area contributed by atoms with Crippen LogP contribution in [-0.4, -0.2) is 32.7 Å². The zero-order chi connectivity index (χ0) is 20.1. The van der Waals surface area contributed by atoms with Gasteiger partial charge in [-0.15, -0.1) is 16.9 Å². The van der Waals surface area contributed by atoms with Crippen molar-refractivity contribution in [1.82, 2.24) is 15.0 Å². The van der Waals surface area contributed by atoms with Gasteiger partial charge in [-0.05, 0) is 48.5 Å². The maximum absolute atomic E-state index is 12.6. The van der Waals surface area contributed by atoms with Gasteiger partial charge in [0.1, 0.15) is 5.75 Å². The van der Waals surface area contributed by atoms with Gasteiger partial charge in [0, 0.05) is 10.6 Å². The minimum Gasteiger partial charge on any atom is -0.482 e. The largest absolute Gasteiger partial charge is 0.482 e. The van der Waals surface area contributed by atoms with Crippen molar-refractivity contribution in [2.75, 3.05) is 6.61 Å². The molecule has 0 aliphatic heterocycles. The number of carbonyl (C=O) groups is 1. The molecule has 1 aromatic heterocycles. The number of hydrogen-bond donors (Lipinski definition) is 1. The topological polar surface area (TPSA) is 77.2 Å². The van der Waals surface area contributed by atoms with E-state index in [9.17, 15) is 18.0 Å². The first kappa shape index (κ1) is 19.7. The number of hydrogen-bond acceptors (Lipinski definition) is 5. The van der Waals surface area contributed by atoms with Crippen molar-refractivity contribution in [2.24, 2.45) is 0 Å². The van der Waals surface area contributed by atoms with E-state index in [1.165, 1.54) is 28.6 Å². The van der Waals surface area contributed by atoms with Crippen molar-refractivity contribution in [3.05, 3.63) is 66.0 Å². The minimum absolute atomic E-state index is 0.403. The molecule has 0 saturated heterocycles. The summed E-state index contributed by atoms with van der Waals surface area (Å²) in [4.78, 5) is 11.4. The van der Waals surface area contributed by atoms with Gasteiger partial charge < -0.3 is 9.84 Å². The molecule has 0 saturated carbocycles. The molecule has 10 heteroatoms. The fourth-order valence-corrected chi connectivity index (χ4v) is 3.00. The van der Waals surface area contributed by atoms with Crippen molar-refractivity contribution in [2.45, 2.75) is 16.8 Å². The van der Waals surface area contributed by atoms with E-state index in [-0.39, 0.29) is 0 Å². The second-order valence-electron chi connectivity index (χ2n) is 5.64. The molecule has 0 unspecified atom stereocenters. The molecule has 2 aromatic carbocycles. The van der Waals surface area contributed by atoms with Gasteiger partial charge in [-0.1, -0.05) is 5.21 Å². The quantitative estimate of drug-likeness (QED) is 0.594. The van der Waals surface area contributed by atoms with Gasteiger partial charge in [0.05, 0.1) is 23.1 Å². The average Bonchev–Trinajstić information content (AvgIpc) is 3.14. The number of carboxylic acids is 1. The Labute approximate surface area is 161 Å². The standard InChI is InChI=1S/C18H14F3N3O3S/c19-18(20,21)12-1-3-14(4-2-12)24-9-13(22-23-24)11-28-16-7-5-15(6-8-16)27-10-17(25)26/h1-9H,10-11H2,(H,25,26). The maximum atomic E-state index is 12.6. The number of thioether (sulfide) groups is 1. The lowest BCUT2D eigenvalue weighted by atomic mass is 10.2. The van der Waals surface area contributed by atoms with E-state index in [1.54, 1.807) is 30.5 Å². The van der Waals surface area contributed by atoms with Gasteiger partial charge in [0.25, 0.3) is 0 Å². The van der Waals surface area contributed by atoms with Gasteiger partial charge in [0.15, 0.2) is 6.61 Å². The highest BCUT2D eigenvalue weighted by atomic mass is 32.2. The van der Waals surface area contributed by atoms with E-state index >= 15 is 0 Å². The minimum atomic E-state index is -4.38. The molecule has 0 spiro atoms. The van der Waals surface area contributed by atoms with E-state index in [0.717, 1.165) is 17.0 Å². The van der Waals surface area contributed by atoms with Crippen molar-refractivity contribution < 1.29 is 27.8 Å². The molecule has 3 rings (SSSR count). The lowest BCUT2D eigenvalue weighted by Crippen LogP contribution is -2.09. The first-order valence-corrected chi connectivity index (χ1v) is 8.96. The molecule has 0 aliphatic rings. The molecule has 1 heterocycles. The third-order valence-electron chi connectivity index (χ3n) is 3.57. The van der Waals surface area contributed by atoms with Crippen LogP contribution in [0.2, 0.25) is 0 Å². The molecule has 28 heavy (non-hydrogen) atoms. The Morgan fingerprint density at radius 3 is 2.39 bits per heavy atom. The van der Waals surface area contributed by atoms with Crippen LogP contribution in [0.5, 0.6) is 5.75 Å². The Balaban J connectivity index is 1.58. The van der Waals surface area contributed by atoms with E-state index < -0.39 is 24.3 Å². The Bertz CT molecular complexity index is 941. The zero-order valence-electron chi connectivity index (χ0n) is 14.3. The molecule has 0 radical (unpaired) electrons. The summed E-state index contributed by atoms with van der Waals surface area (Å²) in [5.41, 5.74) is 0.427. The second kappa shape index (κ2) is 8.34. The van der Waals surface area contributed by atoms with Crippen LogP contribution in [0.25, 0.3) is 5.69 Å². The van der Waals surface area contributed by atoms with Gasteiger partial charge in [-0.3, -0.25) is 0 Å². The van der Waals surface area contributed by atoms with E-state index in [1.807, 2.05) is 0 Å². The Morgan fingerprint density at radius 1 is 1.11 bits per heavy atom. The van der Waals surface area contributed by atoms with Gasteiger partial charge in [-0.25, -0.2) is 9.48 Å². The highest BCUT2D eigenvalue weighted by molar-refractivity contribution is 7.98. The average molecular weight is 409 g/mol. The van der Waals surface area contributed by atoms with Crippen molar-refractivity contribution in [3.63, 3.8) is 0 Å². The first-order valence-electron chi connectivity index (χ1n) is 7.97. The first-order chi connectivity index (χ1) is 13.3. The number of aromatic nitrogens is 3. The van der Waals surface area contributed by atoms with Crippen LogP contribution in [-0.2, 0) is 16.7 Å². The highest BCUT2D eigenvalue weighted by Crippen LogP contribution is 2.29. The molecule has 0 atom stereocenters. The van der Waals surface area contributed by atoms with Crippen molar-refractivity contribution in [1.29, 1.82) is 0 Å². The Morgan fingerprint density at radius 2 is 1.79 bits per heavy atom. The van der Waals surface area contributed by atoms with Gasteiger partial charge in [-0.2, -0.15) is 13.2 Å². The number of carboxylic acid groups (broad SMARTS) is 1. The molecule has 0 aliphatic carbocycles. The highest BCUT2D eigenvalue weighted by Gasteiger charge is 2.30. The summed E-state index contributed by atoms with van der Waals surface area (Å²) in [6, 6.07) is 11.6. The number of rotatable bonds is 7. The summed E-state index contributed by atoms with van der Waals surface area (Å²) in [5, 5.41) is 16.5. The monoisotopic (exact) mass is 409 g/mol. The maximum Gasteiger partial charge on any atom is 0.416 e. The number of benzene rings is 2. The predicted octanol–water partition coefficient (Wildman–Crippen LogP) is 4.04. The molecule has 3 aromatic rings. The normalized spacial score (nSPS) is 11.4. The SMILES string of the molecule is O=C(O)COc1ccc(SCc2cn(-c3ccc(C(F)(F)F)cc3)nn2)cc1. The molecule has 0 amide bonds.